The Balaban J connectivity index is 2.40. The summed E-state index contributed by atoms with van der Waals surface area (Å²) in [6.07, 6.45) is 0. The van der Waals surface area contributed by atoms with Gasteiger partial charge in [-0.15, -0.1) is 0 Å². The van der Waals surface area contributed by atoms with Crippen molar-refractivity contribution >= 4 is 0 Å². The molecule has 2 aromatic rings. The third-order valence-electron chi connectivity index (χ3n) is 2.36. The van der Waals surface area contributed by atoms with Crippen LogP contribution in [0.5, 0.6) is 0 Å². The van der Waals surface area contributed by atoms with E-state index in [-0.39, 0.29) is 5.56 Å². The van der Waals surface area contributed by atoms with Crippen LogP contribution < -0.4 is 5.73 Å². The van der Waals surface area contributed by atoms with E-state index in [0.717, 1.165) is 18.2 Å². The number of hydrogen-bond donors (Lipinski definition) is 1. The van der Waals surface area contributed by atoms with Crippen LogP contribution in [-0.4, -0.2) is 0 Å². The van der Waals surface area contributed by atoms with Crippen LogP contribution in [-0.2, 0) is 0 Å². The summed E-state index contributed by atoms with van der Waals surface area (Å²) < 4.78 is 31.7. The second kappa shape index (κ2) is 4.06. The van der Waals surface area contributed by atoms with E-state index in [1.165, 1.54) is 0 Å². The molecule has 0 aliphatic heterocycles. The zero-order chi connectivity index (χ0) is 11.7. The van der Waals surface area contributed by atoms with E-state index in [1.54, 1.807) is 19.1 Å². The fourth-order valence-electron chi connectivity index (χ4n) is 1.53. The van der Waals surface area contributed by atoms with E-state index in [4.69, 9.17) is 10.2 Å². The molecule has 1 aromatic carbocycles. The van der Waals surface area contributed by atoms with Crippen LogP contribution >= 0.6 is 0 Å². The molecule has 0 fully saturated rings. The van der Waals surface area contributed by atoms with Crippen LogP contribution in [0.25, 0.3) is 0 Å². The van der Waals surface area contributed by atoms with Crippen molar-refractivity contribution in [2.45, 2.75) is 13.0 Å². The molecule has 0 spiro atoms. The lowest BCUT2D eigenvalue weighted by Gasteiger charge is -2.10. The summed E-state index contributed by atoms with van der Waals surface area (Å²) in [7, 11) is 0. The normalized spacial score (nSPS) is 12.8. The zero-order valence-corrected chi connectivity index (χ0v) is 8.71. The van der Waals surface area contributed by atoms with Crippen molar-refractivity contribution in [2.75, 3.05) is 0 Å². The highest BCUT2D eigenvalue weighted by Crippen LogP contribution is 2.24. The van der Waals surface area contributed by atoms with Gasteiger partial charge < -0.3 is 10.2 Å². The van der Waals surface area contributed by atoms with E-state index in [2.05, 4.69) is 0 Å². The number of aryl methyl sites for hydroxylation is 1. The van der Waals surface area contributed by atoms with Crippen LogP contribution in [0.4, 0.5) is 8.78 Å². The third kappa shape index (κ3) is 1.97. The lowest BCUT2D eigenvalue weighted by molar-refractivity contribution is 0.458. The molecular weight excluding hydrogens is 212 g/mol. The molecule has 0 aliphatic carbocycles. The standard InChI is InChI=1S/C12H11F2NO/c1-7-2-5-11(16-7)12(15)9-6-8(13)3-4-10(9)14/h2-6,12H,15H2,1H3. The lowest BCUT2D eigenvalue weighted by Crippen LogP contribution is -2.13. The topological polar surface area (TPSA) is 39.2 Å². The predicted octanol–water partition coefficient (Wildman–Crippen LogP) is 2.91. The highest BCUT2D eigenvalue weighted by molar-refractivity contribution is 5.28. The van der Waals surface area contributed by atoms with Crippen molar-refractivity contribution in [1.29, 1.82) is 0 Å². The van der Waals surface area contributed by atoms with Crippen LogP contribution in [0.1, 0.15) is 23.1 Å². The first-order valence-electron chi connectivity index (χ1n) is 4.85. The maximum Gasteiger partial charge on any atom is 0.128 e. The molecule has 0 amide bonds. The average molecular weight is 223 g/mol. The van der Waals surface area contributed by atoms with Crippen LogP contribution in [0.15, 0.2) is 34.7 Å². The second-order valence-electron chi connectivity index (χ2n) is 3.59. The molecule has 2 nitrogen and oxygen atoms in total. The van der Waals surface area contributed by atoms with Crippen molar-refractivity contribution in [3.8, 4) is 0 Å². The van der Waals surface area contributed by atoms with Crippen LogP contribution in [0.3, 0.4) is 0 Å². The first-order valence-corrected chi connectivity index (χ1v) is 4.85. The van der Waals surface area contributed by atoms with Gasteiger partial charge in [0.05, 0.1) is 6.04 Å². The van der Waals surface area contributed by atoms with Crippen molar-refractivity contribution < 1.29 is 13.2 Å². The van der Waals surface area contributed by atoms with Gasteiger partial charge in [-0.05, 0) is 37.3 Å². The minimum Gasteiger partial charge on any atom is -0.464 e. The fourth-order valence-corrected chi connectivity index (χ4v) is 1.53. The molecule has 84 valence electrons. The minimum atomic E-state index is -0.788. The van der Waals surface area contributed by atoms with Crippen molar-refractivity contribution in [3.05, 3.63) is 59.1 Å². The molecule has 1 atom stereocenters. The molecule has 2 rings (SSSR count). The SMILES string of the molecule is Cc1ccc(C(N)c2cc(F)ccc2F)o1. The quantitative estimate of drug-likeness (QED) is 0.850. The first kappa shape index (κ1) is 10.8. The zero-order valence-electron chi connectivity index (χ0n) is 8.71. The summed E-state index contributed by atoms with van der Waals surface area (Å²) in [5.74, 6) is 0.0438. The number of rotatable bonds is 2. The predicted molar refractivity (Wildman–Crippen MR) is 55.8 cm³/mol. The van der Waals surface area contributed by atoms with Gasteiger partial charge in [0.15, 0.2) is 0 Å². The molecule has 1 aromatic heterocycles. The average Bonchev–Trinajstić information content (AvgIpc) is 2.67. The minimum absolute atomic E-state index is 0.0920. The maximum absolute atomic E-state index is 13.4. The van der Waals surface area contributed by atoms with Crippen molar-refractivity contribution in [1.82, 2.24) is 0 Å². The summed E-state index contributed by atoms with van der Waals surface area (Å²) in [5, 5.41) is 0. The van der Waals surface area contributed by atoms with Gasteiger partial charge in [-0.2, -0.15) is 0 Å². The largest absolute Gasteiger partial charge is 0.464 e. The van der Waals surface area contributed by atoms with Crippen LogP contribution in [0, 0.1) is 18.6 Å². The van der Waals surface area contributed by atoms with E-state index in [1.807, 2.05) is 0 Å². The fraction of sp³-hybridized carbons (Fsp3) is 0.167. The lowest BCUT2D eigenvalue weighted by atomic mass is 10.0. The third-order valence-corrected chi connectivity index (χ3v) is 2.36. The Hall–Kier alpha value is -1.68. The molecule has 16 heavy (non-hydrogen) atoms. The Kier molecular flexibility index (Phi) is 2.75. The van der Waals surface area contributed by atoms with E-state index < -0.39 is 17.7 Å². The van der Waals surface area contributed by atoms with Gasteiger partial charge in [0.25, 0.3) is 0 Å². The number of nitrogens with two attached hydrogens (primary N) is 1. The Morgan fingerprint density at radius 2 is 1.94 bits per heavy atom. The number of hydrogen-bond acceptors (Lipinski definition) is 2. The molecule has 4 heteroatoms. The van der Waals surface area contributed by atoms with Crippen molar-refractivity contribution in [2.24, 2.45) is 5.73 Å². The van der Waals surface area contributed by atoms with Crippen LogP contribution in [0.2, 0.25) is 0 Å². The van der Waals surface area contributed by atoms with Gasteiger partial charge in [-0.1, -0.05) is 0 Å². The number of benzene rings is 1. The van der Waals surface area contributed by atoms with Gasteiger partial charge >= 0.3 is 0 Å². The Bertz CT molecular complexity index is 507. The molecule has 1 heterocycles. The molecule has 1 unspecified atom stereocenters. The van der Waals surface area contributed by atoms with Gasteiger partial charge in [0, 0.05) is 5.56 Å². The van der Waals surface area contributed by atoms with E-state index in [9.17, 15) is 8.78 Å². The highest BCUT2D eigenvalue weighted by atomic mass is 19.1. The molecule has 0 radical (unpaired) electrons. The summed E-state index contributed by atoms with van der Waals surface area (Å²) in [5.41, 5.74) is 5.89. The number of furan rings is 1. The summed E-state index contributed by atoms with van der Waals surface area (Å²) in [6, 6.07) is 5.79. The monoisotopic (exact) mass is 223 g/mol. The molecule has 0 aliphatic rings. The maximum atomic E-state index is 13.4. The summed E-state index contributed by atoms with van der Waals surface area (Å²) >= 11 is 0. The second-order valence-corrected chi connectivity index (χ2v) is 3.59. The van der Waals surface area contributed by atoms with Crippen molar-refractivity contribution in [3.63, 3.8) is 0 Å². The van der Waals surface area contributed by atoms with Gasteiger partial charge in [-0.25, -0.2) is 8.78 Å². The summed E-state index contributed by atoms with van der Waals surface area (Å²) in [4.78, 5) is 0. The molecule has 0 saturated heterocycles. The Morgan fingerprint density at radius 3 is 2.56 bits per heavy atom. The number of halogens is 2. The van der Waals surface area contributed by atoms with Gasteiger partial charge in [0.2, 0.25) is 0 Å². The van der Waals surface area contributed by atoms with E-state index in [0.29, 0.717) is 11.5 Å². The molecule has 0 saturated carbocycles. The molecular formula is C12H11F2NO. The van der Waals surface area contributed by atoms with Gasteiger partial charge in [0.1, 0.15) is 23.2 Å². The Labute approximate surface area is 91.7 Å². The first-order chi connectivity index (χ1) is 7.58. The highest BCUT2D eigenvalue weighted by Gasteiger charge is 2.17. The summed E-state index contributed by atoms with van der Waals surface area (Å²) in [6.45, 7) is 1.76. The molecule has 2 N–H and O–H groups in total. The Morgan fingerprint density at radius 1 is 1.19 bits per heavy atom. The van der Waals surface area contributed by atoms with Gasteiger partial charge in [-0.3, -0.25) is 0 Å². The van der Waals surface area contributed by atoms with E-state index >= 15 is 0 Å². The smallest absolute Gasteiger partial charge is 0.128 e. The molecule has 0 bridgehead atoms.